The molecule has 1 saturated carbocycles. The van der Waals surface area contributed by atoms with Gasteiger partial charge in [0.15, 0.2) is 5.96 Å². The van der Waals surface area contributed by atoms with Crippen molar-refractivity contribution < 1.29 is 9.53 Å². The van der Waals surface area contributed by atoms with Crippen molar-refractivity contribution in [2.75, 3.05) is 13.6 Å². The minimum absolute atomic E-state index is 0. The van der Waals surface area contributed by atoms with Gasteiger partial charge in [-0.15, -0.1) is 24.0 Å². The predicted octanol–water partition coefficient (Wildman–Crippen LogP) is 2.75. The number of carbonyl (C=O) groups is 1. The van der Waals surface area contributed by atoms with Crippen LogP contribution in [0.5, 0.6) is 0 Å². The molecule has 0 aromatic heterocycles. The SMILES string of the molecule is CN=C(NCCCC(=O)OC1CCCC1)NC1CC=CC1.I. The van der Waals surface area contributed by atoms with E-state index >= 15 is 0 Å². The number of carbonyl (C=O) groups excluding carboxylic acids is 1. The molecule has 0 heterocycles. The normalized spacial score (nSPS) is 19.0. The molecule has 0 saturated heterocycles. The monoisotopic (exact) mass is 421 g/mol. The van der Waals surface area contributed by atoms with Crippen molar-refractivity contribution >= 4 is 35.9 Å². The first-order valence-electron chi connectivity index (χ1n) is 8.09. The molecule has 5 nitrogen and oxygen atoms in total. The first-order valence-corrected chi connectivity index (χ1v) is 8.09. The van der Waals surface area contributed by atoms with Gasteiger partial charge in [-0.25, -0.2) is 0 Å². The maximum atomic E-state index is 11.7. The van der Waals surface area contributed by atoms with E-state index in [-0.39, 0.29) is 36.0 Å². The van der Waals surface area contributed by atoms with Crippen LogP contribution >= 0.6 is 24.0 Å². The van der Waals surface area contributed by atoms with Gasteiger partial charge in [0, 0.05) is 26.1 Å². The number of nitrogens with zero attached hydrogens (tertiary/aromatic N) is 1. The van der Waals surface area contributed by atoms with E-state index in [1.807, 2.05) is 0 Å². The van der Waals surface area contributed by atoms with E-state index in [9.17, 15) is 4.79 Å². The average molecular weight is 421 g/mol. The number of guanidine groups is 1. The van der Waals surface area contributed by atoms with Crippen molar-refractivity contribution in [1.29, 1.82) is 0 Å². The number of aliphatic imine (C=N–C) groups is 1. The minimum Gasteiger partial charge on any atom is -0.462 e. The van der Waals surface area contributed by atoms with Crippen molar-refractivity contribution in [1.82, 2.24) is 10.6 Å². The van der Waals surface area contributed by atoms with Crippen LogP contribution < -0.4 is 10.6 Å². The molecule has 2 rings (SSSR count). The second-order valence-electron chi connectivity index (χ2n) is 5.78. The number of rotatable bonds is 6. The van der Waals surface area contributed by atoms with Gasteiger partial charge >= 0.3 is 5.97 Å². The number of hydrogen-bond acceptors (Lipinski definition) is 3. The Morgan fingerprint density at radius 1 is 1.27 bits per heavy atom. The predicted molar refractivity (Wildman–Crippen MR) is 99.7 cm³/mol. The molecular formula is C16H28IN3O2. The molecule has 0 radical (unpaired) electrons. The van der Waals surface area contributed by atoms with Gasteiger partial charge in [0.1, 0.15) is 6.10 Å². The molecule has 2 N–H and O–H groups in total. The van der Waals surface area contributed by atoms with E-state index in [0.29, 0.717) is 12.5 Å². The van der Waals surface area contributed by atoms with Gasteiger partial charge in [0.05, 0.1) is 0 Å². The van der Waals surface area contributed by atoms with Crippen LogP contribution in [0.4, 0.5) is 0 Å². The smallest absolute Gasteiger partial charge is 0.306 e. The summed E-state index contributed by atoms with van der Waals surface area (Å²) in [5.41, 5.74) is 0. The largest absolute Gasteiger partial charge is 0.462 e. The second kappa shape index (κ2) is 10.9. The van der Waals surface area contributed by atoms with Crippen LogP contribution in [-0.4, -0.2) is 37.7 Å². The Balaban J connectivity index is 0.00000242. The Kier molecular flexibility index (Phi) is 9.50. The summed E-state index contributed by atoms with van der Waals surface area (Å²) in [6.45, 7) is 0.736. The van der Waals surface area contributed by atoms with Gasteiger partial charge in [0.25, 0.3) is 0 Å². The van der Waals surface area contributed by atoms with Crippen molar-refractivity contribution in [3.8, 4) is 0 Å². The number of ether oxygens (including phenoxy) is 1. The van der Waals surface area contributed by atoms with Gasteiger partial charge in [-0.05, 0) is 44.9 Å². The van der Waals surface area contributed by atoms with Crippen molar-refractivity contribution in [3.05, 3.63) is 12.2 Å². The lowest BCUT2D eigenvalue weighted by atomic mass is 10.2. The average Bonchev–Trinajstić information content (AvgIpc) is 3.15. The standard InChI is InChI=1S/C16H27N3O2.HI/c1-17-16(19-13-7-2-3-8-13)18-12-6-11-15(20)21-14-9-4-5-10-14;/h2-3,13-14H,4-12H2,1H3,(H2,17,18,19);1H. The van der Waals surface area contributed by atoms with E-state index in [1.165, 1.54) is 12.8 Å². The van der Waals surface area contributed by atoms with Crippen molar-refractivity contribution in [2.45, 2.75) is 63.5 Å². The van der Waals surface area contributed by atoms with Gasteiger partial charge in [0.2, 0.25) is 0 Å². The molecule has 0 amide bonds. The molecule has 0 aliphatic heterocycles. The molecule has 22 heavy (non-hydrogen) atoms. The zero-order valence-corrected chi connectivity index (χ0v) is 15.7. The van der Waals surface area contributed by atoms with Crippen molar-refractivity contribution in [3.63, 3.8) is 0 Å². The second-order valence-corrected chi connectivity index (χ2v) is 5.78. The Labute approximate surface area is 150 Å². The summed E-state index contributed by atoms with van der Waals surface area (Å²) in [7, 11) is 1.77. The molecule has 0 atom stereocenters. The first kappa shape index (κ1) is 19.3. The van der Waals surface area contributed by atoms with E-state index in [4.69, 9.17) is 4.74 Å². The minimum atomic E-state index is -0.0633. The van der Waals surface area contributed by atoms with Crippen LogP contribution in [0.2, 0.25) is 0 Å². The molecule has 0 aromatic rings. The summed E-state index contributed by atoms with van der Waals surface area (Å²) in [5.74, 6) is 0.750. The maximum absolute atomic E-state index is 11.7. The first-order chi connectivity index (χ1) is 10.3. The third-order valence-corrected chi connectivity index (χ3v) is 4.02. The van der Waals surface area contributed by atoms with Crippen LogP contribution in [0.3, 0.4) is 0 Å². The van der Waals surface area contributed by atoms with E-state index in [0.717, 1.165) is 44.6 Å². The lowest BCUT2D eigenvalue weighted by Gasteiger charge is -2.17. The molecule has 1 fully saturated rings. The Bertz CT molecular complexity index is 385. The van der Waals surface area contributed by atoms with Crippen molar-refractivity contribution in [2.24, 2.45) is 4.99 Å². The zero-order valence-electron chi connectivity index (χ0n) is 13.3. The van der Waals surface area contributed by atoms with Crippen LogP contribution in [0.1, 0.15) is 51.4 Å². The highest BCUT2D eigenvalue weighted by molar-refractivity contribution is 14.0. The summed E-state index contributed by atoms with van der Waals surface area (Å²) < 4.78 is 5.43. The maximum Gasteiger partial charge on any atom is 0.306 e. The van der Waals surface area contributed by atoms with Crippen LogP contribution in [-0.2, 0) is 9.53 Å². The third kappa shape index (κ3) is 6.98. The van der Waals surface area contributed by atoms with E-state index in [1.54, 1.807) is 7.05 Å². The third-order valence-electron chi connectivity index (χ3n) is 4.02. The number of halogens is 1. The van der Waals surface area contributed by atoms with E-state index < -0.39 is 0 Å². The summed E-state index contributed by atoms with van der Waals surface area (Å²) in [4.78, 5) is 15.9. The molecule has 0 unspecified atom stereocenters. The fourth-order valence-corrected chi connectivity index (χ4v) is 2.81. The number of nitrogens with one attached hydrogen (secondary N) is 2. The van der Waals surface area contributed by atoms with Gasteiger partial charge in [-0.1, -0.05) is 12.2 Å². The van der Waals surface area contributed by atoms with Gasteiger partial charge in [-0.2, -0.15) is 0 Å². The highest BCUT2D eigenvalue weighted by atomic mass is 127. The quantitative estimate of drug-likeness (QED) is 0.173. The molecule has 2 aliphatic carbocycles. The molecule has 126 valence electrons. The summed E-state index contributed by atoms with van der Waals surface area (Å²) in [6, 6.07) is 0.448. The fourth-order valence-electron chi connectivity index (χ4n) is 2.81. The molecule has 0 aromatic carbocycles. The molecule has 0 spiro atoms. The van der Waals surface area contributed by atoms with Crippen LogP contribution in [0, 0.1) is 0 Å². The lowest BCUT2D eigenvalue weighted by Crippen LogP contribution is -2.42. The number of hydrogen-bond donors (Lipinski definition) is 2. The van der Waals surface area contributed by atoms with Gasteiger partial charge < -0.3 is 15.4 Å². The highest BCUT2D eigenvalue weighted by Crippen LogP contribution is 2.21. The summed E-state index contributed by atoms with van der Waals surface area (Å²) >= 11 is 0. The molecule has 0 bridgehead atoms. The zero-order chi connectivity index (χ0) is 14.9. The fraction of sp³-hybridized carbons (Fsp3) is 0.750. The summed E-state index contributed by atoms with van der Waals surface area (Å²) in [5, 5.41) is 6.62. The molecule has 6 heteroatoms. The Morgan fingerprint density at radius 3 is 2.59 bits per heavy atom. The molecule has 2 aliphatic rings. The Hall–Kier alpha value is -0.790. The van der Waals surface area contributed by atoms with Crippen LogP contribution in [0.15, 0.2) is 17.1 Å². The number of esters is 1. The lowest BCUT2D eigenvalue weighted by molar-refractivity contribution is -0.148. The summed E-state index contributed by atoms with van der Waals surface area (Å²) in [6.07, 6.45) is 12.4. The topological polar surface area (TPSA) is 62.7 Å². The van der Waals surface area contributed by atoms with Crippen LogP contribution in [0.25, 0.3) is 0 Å². The Morgan fingerprint density at radius 2 is 1.95 bits per heavy atom. The van der Waals surface area contributed by atoms with E-state index in [2.05, 4.69) is 27.8 Å². The molecular weight excluding hydrogens is 393 g/mol. The highest BCUT2D eigenvalue weighted by Gasteiger charge is 2.18. The van der Waals surface area contributed by atoms with Gasteiger partial charge in [-0.3, -0.25) is 9.79 Å².